The van der Waals surface area contributed by atoms with Gasteiger partial charge in [0.2, 0.25) is 0 Å². The van der Waals surface area contributed by atoms with E-state index in [0.717, 1.165) is 18.1 Å². The van der Waals surface area contributed by atoms with Crippen LogP contribution in [0, 0.1) is 0 Å². The Kier molecular flexibility index (Phi) is 6.06. The zero-order valence-corrected chi connectivity index (χ0v) is 10.6. The van der Waals surface area contributed by atoms with Crippen molar-refractivity contribution in [2.75, 3.05) is 11.5 Å². The Morgan fingerprint density at radius 3 is 2.86 bits per heavy atom. The Hall–Kier alpha value is 0.400. The number of hydrogen-bond acceptors (Lipinski definition) is 3. The van der Waals surface area contributed by atoms with Crippen molar-refractivity contribution in [1.82, 2.24) is 0 Å². The van der Waals surface area contributed by atoms with Gasteiger partial charge in [-0.1, -0.05) is 13.0 Å². The van der Waals surface area contributed by atoms with E-state index >= 15 is 0 Å². The van der Waals surface area contributed by atoms with Crippen molar-refractivity contribution in [2.24, 2.45) is 5.73 Å². The van der Waals surface area contributed by atoms with Crippen LogP contribution in [0.2, 0.25) is 0 Å². The van der Waals surface area contributed by atoms with Crippen molar-refractivity contribution in [1.29, 1.82) is 0 Å². The molecule has 0 aliphatic carbocycles. The van der Waals surface area contributed by atoms with E-state index in [1.165, 1.54) is 17.9 Å². The number of nitrogens with two attached hydrogens (primary N) is 1. The van der Waals surface area contributed by atoms with Crippen molar-refractivity contribution in [2.45, 2.75) is 42.7 Å². The lowest BCUT2D eigenvalue weighted by Gasteiger charge is -2.32. The van der Waals surface area contributed by atoms with Crippen LogP contribution >= 0.6 is 23.5 Å². The molecule has 3 atom stereocenters. The number of hydrogen-bond donors (Lipinski definition) is 1. The smallest absolute Gasteiger partial charge is 0.0315 e. The van der Waals surface area contributed by atoms with Crippen molar-refractivity contribution < 1.29 is 0 Å². The summed E-state index contributed by atoms with van der Waals surface area (Å²) in [5, 5.41) is 1.39. The average Bonchev–Trinajstić information content (AvgIpc) is 2.18. The highest BCUT2D eigenvalue weighted by molar-refractivity contribution is 8.07. The molecule has 1 rings (SSSR count). The monoisotopic (exact) mass is 231 g/mol. The summed E-state index contributed by atoms with van der Waals surface area (Å²) in [6.07, 6.45) is 5.43. The predicted molar refractivity (Wildman–Crippen MR) is 70.2 cm³/mol. The Morgan fingerprint density at radius 1 is 1.50 bits per heavy atom. The van der Waals surface area contributed by atoms with E-state index in [0.29, 0.717) is 11.3 Å². The molecule has 0 bridgehead atoms. The summed E-state index contributed by atoms with van der Waals surface area (Å²) in [4.78, 5) is 0. The van der Waals surface area contributed by atoms with Gasteiger partial charge in [-0.3, -0.25) is 0 Å². The fourth-order valence-corrected chi connectivity index (χ4v) is 4.71. The first-order valence-corrected chi connectivity index (χ1v) is 7.45. The molecule has 0 amide bonds. The van der Waals surface area contributed by atoms with Crippen LogP contribution in [0.25, 0.3) is 0 Å². The Bertz CT molecular complexity index is 173. The van der Waals surface area contributed by atoms with Gasteiger partial charge in [-0.25, -0.2) is 0 Å². The van der Waals surface area contributed by atoms with Gasteiger partial charge in [-0.15, -0.1) is 6.58 Å². The molecule has 0 saturated carbocycles. The standard InChI is InChI=1S/C11H21NS2/c1-3-4-5-6-10(12)11-9(2)13-7-8-14-11/h3,9-11H,1,4-8,12H2,2H3. The highest BCUT2D eigenvalue weighted by atomic mass is 32.2. The van der Waals surface area contributed by atoms with Crippen LogP contribution in [0.4, 0.5) is 0 Å². The molecule has 0 aromatic heterocycles. The minimum absolute atomic E-state index is 0.378. The third-order valence-electron chi connectivity index (χ3n) is 2.60. The summed E-state index contributed by atoms with van der Waals surface area (Å²) < 4.78 is 0. The van der Waals surface area contributed by atoms with Gasteiger partial charge in [0.25, 0.3) is 0 Å². The largest absolute Gasteiger partial charge is 0.327 e. The lowest BCUT2D eigenvalue weighted by molar-refractivity contribution is 0.559. The van der Waals surface area contributed by atoms with Crippen LogP contribution in [0.3, 0.4) is 0 Å². The first kappa shape index (κ1) is 12.5. The van der Waals surface area contributed by atoms with Crippen molar-refractivity contribution in [3.05, 3.63) is 12.7 Å². The zero-order chi connectivity index (χ0) is 10.4. The number of unbranched alkanes of at least 4 members (excludes halogenated alkanes) is 1. The summed E-state index contributed by atoms with van der Waals surface area (Å²) in [6, 6.07) is 0.378. The molecule has 1 aliphatic heterocycles. The van der Waals surface area contributed by atoms with Crippen LogP contribution in [0.15, 0.2) is 12.7 Å². The molecule has 1 saturated heterocycles. The van der Waals surface area contributed by atoms with Gasteiger partial charge in [0.15, 0.2) is 0 Å². The van der Waals surface area contributed by atoms with E-state index in [-0.39, 0.29) is 0 Å². The van der Waals surface area contributed by atoms with Gasteiger partial charge in [-0.05, 0) is 19.3 Å². The molecular formula is C11H21NS2. The second-order valence-electron chi connectivity index (χ2n) is 3.79. The van der Waals surface area contributed by atoms with E-state index in [1.807, 2.05) is 6.08 Å². The number of allylic oxidation sites excluding steroid dienone is 1. The molecule has 2 N–H and O–H groups in total. The Morgan fingerprint density at radius 2 is 2.21 bits per heavy atom. The van der Waals surface area contributed by atoms with Crippen LogP contribution in [0.1, 0.15) is 26.2 Å². The average molecular weight is 231 g/mol. The third-order valence-corrected chi connectivity index (χ3v) is 5.88. The van der Waals surface area contributed by atoms with Crippen LogP contribution in [-0.2, 0) is 0 Å². The quantitative estimate of drug-likeness (QED) is 0.582. The number of thioether (sulfide) groups is 2. The molecule has 3 unspecified atom stereocenters. The van der Waals surface area contributed by atoms with Crippen LogP contribution < -0.4 is 5.73 Å². The molecule has 1 fully saturated rings. The first-order chi connectivity index (χ1) is 6.75. The first-order valence-electron chi connectivity index (χ1n) is 5.35. The molecule has 0 aromatic rings. The Balaban J connectivity index is 2.26. The van der Waals surface area contributed by atoms with E-state index < -0.39 is 0 Å². The van der Waals surface area contributed by atoms with Gasteiger partial charge < -0.3 is 5.73 Å². The second kappa shape index (κ2) is 6.81. The molecule has 1 heterocycles. The van der Waals surface area contributed by atoms with Crippen LogP contribution in [0.5, 0.6) is 0 Å². The fourth-order valence-electron chi connectivity index (χ4n) is 1.78. The fraction of sp³-hybridized carbons (Fsp3) is 0.818. The lowest BCUT2D eigenvalue weighted by Crippen LogP contribution is -2.40. The van der Waals surface area contributed by atoms with Crippen molar-refractivity contribution in [3.63, 3.8) is 0 Å². The maximum atomic E-state index is 6.21. The van der Waals surface area contributed by atoms with E-state index in [4.69, 9.17) is 5.73 Å². The number of rotatable bonds is 5. The van der Waals surface area contributed by atoms with E-state index in [9.17, 15) is 0 Å². The molecule has 0 spiro atoms. The SMILES string of the molecule is C=CCCCC(N)C1SCCSC1C. The van der Waals surface area contributed by atoms with E-state index in [2.05, 4.69) is 37.0 Å². The van der Waals surface area contributed by atoms with Crippen LogP contribution in [-0.4, -0.2) is 28.0 Å². The maximum Gasteiger partial charge on any atom is 0.0315 e. The Labute approximate surface area is 96.3 Å². The lowest BCUT2D eigenvalue weighted by atomic mass is 10.1. The molecule has 82 valence electrons. The predicted octanol–water partition coefficient (Wildman–Crippen LogP) is 2.91. The third kappa shape index (κ3) is 3.87. The maximum absolute atomic E-state index is 6.21. The summed E-state index contributed by atoms with van der Waals surface area (Å²) in [6.45, 7) is 6.05. The van der Waals surface area contributed by atoms with Gasteiger partial charge in [0.05, 0.1) is 0 Å². The second-order valence-corrected chi connectivity index (χ2v) is 6.57. The van der Waals surface area contributed by atoms with Gasteiger partial charge in [0.1, 0.15) is 0 Å². The highest BCUT2D eigenvalue weighted by Crippen LogP contribution is 2.33. The van der Waals surface area contributed by atoms with Crippen molar-refractivity contribution in [3.8, 4) is 0 Å². The molecule has 1 aliphatic rings. The minimum atomic E-state index is 0.378. The minimum Gasteiger partial charge on any atom is -0.327 e. The summed E-state index contributed by atoms with van der Waals surface area (Å²) >= 11 is 4.14. The zero-order valence-electron chi connectivity index (χ0n) is 8.95. The topological polar surface area (TPSA) is 26.0 Å². The molecule has 3 heteroatoms. The molecule has 1 nitrogen and oxygen atoms in total. The van der Waals surface area contributed by atoms with E-state index in [1.54, 1.807) is 0 Å². The summed E-state index contributed by atoms with van der Waals surface area (Å²) in [7, 11) is 0. The summed E-state index contributed by atoms with van der Waals surface area (Å²) in [5.41, 5.74) is 6.21. The molecule has 0 radical (unpaired) electrons. The highest BCUT2D eigenvalue weighted by Gasteiger charge is 2.27. The normalized spacial score (nSPS) is 29.9. The molecule has 14 heavy (non-hydrogen) atoms. The molecular weight excluding hydrogens is 210 g/mol. The summed E-state index contributed by atoms with van der Waals surface area (Å²) in [5.74, 6) is 2.57. The molecule has 0 aromatic carbocycles. The van der Waals surface area contributed by atoms with Gasteiger partial charge in [-0.2, -0.15) is 23.5 Å². The van der Waals surface area contributed by atoms with Gasteiger partial charge in [0, 0.05) is 28.0 Å². The van der Waals surface area contributed by atoms with Crippen molar-refractivity contribution >= 4 is 23.5 Å². The van der Waals surface area contributed by atoms with Gasteiger partial charge >= 0.3 is 0 Å².